The molecule has 144 valence electrons. The minimum absolute atomic E-state index is 0.0166. The first-order valence-electron chi connectivity index (χ1n) is 8.24. The molecule has 0 fully saturated rings. The Morgan fingerprint density at radius 1 is 1.19 bits per heavy atom. The number of esters is 1. The van der Waals surface area contributed by atoms with Crippen LogP contribution in [0.15, 0.2) is 16.6 Å². The minimum atomic E-state index is -0.511. The zero-order chi connectivity index (χ0) is 20.1. The van der Waals surface area contributed by atoms with Crippen LogP contribution in [0.1, 0.15) is 38.3 Å². The molecule has 0 aliphatic heterocycles. The lowest BCUT2D eigenvalue weighted by Crippen LogP contribution is -2.38. The number of thioether (sulfide) groups is 1. The van der Waals surface area contributed by atoms with Gasteiger partial charge in [0.25, 0.3) is 0 Å². The van der Waals surface area contributed by atoms with Gasteiger partial charge in [0.05, 0.1) is 18.6 Å². The summed E-state index contributed by atoms with van der Waals surface area (Å²) in [6.07, 6.45) is 0.386. The van der Waals surface area contributed by atoms with Crippen molar-refractivity contribution in [2.45, 2.75) is 41.0 Å². The number of benzene rings is 1. The molecule has 0 saturated heterocycles. The van der Waals surface area contributed by atoms with Crippen LogP contribution in [0.2, 0.25) is 0 Å². The Balaban J connectivity index is 3.04. The van der Waals surface area contributed by atoms with E-state index in [0.717, 1.165) is 27.4 Å². The summed E-state index contributed by atoms with van der Waals surface area (Å²) in [4.78, 5) is 38.1. The van der Waals surface area contributed by atoms with E-state index in [1.165, 1.54) is 12.0 Å². The number of methoxy groups -OCH3 is 1. The van der Waals surface area contributed by atoms with E-state index in [-0.39, 0.29) is 28.7 Å². The molecule has 0 N–H and O–H groups in total. The molecule has 0 unspecified atom stereocenters. The molecular formula is C19H26BrNO4S. The van der Waals surface area contributed by atoms with Gasteiger partial charge in [-0.3, -0.25) is 19.3 Å². The fourth-order valence-electron chi connectivity index (χ4n) is 2.42. The van der Waals surface area contributed by atoms with Crippen LogP contribution in [-0.4, -0.2) is 36.4 Å². The molecule has 26 heavy (non-hydrogen) atoms. The van der Waals surface area contributed by atoms with Gasteiger partial charge in [-0.25, -0.2) is 0 Å². The Bertz CT molecular complexity index is 698. The van der Waals surface area contributed by atoms with Crippen molar-refractivity contribution in [2.75, 3.05) is 24.3 Å². The van der Waals surface area contributed by atoms with Crippen LogP contribution in [-0.2, 0) is 19.1 Å². The molecule has 1 amide bonds. The van der Waals surface area contributed by atoms with Gasteiger partial charge in [0, 0.05) is 10.9 Å². The molecule has 1 aromatic rings. The van der Waals surface area contributed by atoms with Crippen molar-refractivity contribution in [3.63, 3.8) is 0 Å². The predicted octanol–water partition coefficient (Wildman–Crippen LogP) is 4.27. The highest BCUT2D eigenvalue weighted by atomic mass is 79.9. The van der Waals surface area contributed by atoms with Crippen molar-refractivity contribution in [2.24, 2.45) is 5.41 Å². The molecule has 0 aliphatic rings. The summed E-state index contributed by atoms with van der Waals surface area (Å²) in [6, 6.07) is 3.78. The predicted molar refractivity (Wildman–Crippen MR) is 110 cm³/mol. The molecule has 0 atom stereocenters. The topological polar surface area (TPSA) is 63.7 Å². The maximum atomic E-state index is 12.8. The summed E-state index contributed by atoms with van der Waals surface area (Å²) < 4.78 is 5.58. The lowest BCUT2D eigenvalue weighted by molar-refractivity contribution is -0.139. The lowest BCUT2D eigenvalue weighted by atomic mass is 9.93. The van der Waals surface area contributed by atoms with E-state index in [9.17, 15) is 14.4 Å². The number of aryl methyl sites for hydroxylation is 1. The molecule has 0 spiro atoms. The number of carbonyl (C=O) groups is 3. The molecule has 0 heterocycles. The maximum absolute atomic E-state index is 12.8. The Kier molecular flexibility index (Phi) is 8.34. The second-order valence-electron chi connectivity index (χ2n) is 7.29. The minimum Gasteiger partial charge on any atom is -0.468 e. The number of halogens is 1. The van der Waals surface area contributed by atoms with Gasteiger partial charge >= 0.3 is 5.97 Å². The number of ether oxygens (including phenoxy) is 1. The summed E-state index contributed by atoms with van der Waals surface area (Å²) >= 11 is 4.45. The maximum Gasteiger partial charge on any atom is 0.325 e. The Labute approximate surface area is 168 Å². The third-order valence-corrected chi connectivity index (χ3v) is 5.40. The summed E-state index contributed by atoms with van der Waals surface area (Å²) in [5.74, 6) is -0.827. The third-order valence-electron chi connectivity index (χ3n) is 3.68. The van der Waals surface area contributed by atoms with Crippen LogP contribution in [0.4, 0.5) is 5.69 Å². The lowest BCUT2D eigenvalue weighted by Gasteiger charge is -2.26. The van der Waals surface area contributed by atoms with Crippen molar-refractivity contribution in [1.29, 1.82) is 0 Å². The number of anilines is 1. The largest absolute Gasteiger partial charge is 0.468 e. The fourth-order valence-corrected chi connectivity index (χ4v) is 3.71. The number of amides is 1. The first kappa shape index (κ1) is 22.7. The summed E-state index contributed by atoms with van der Waals surface area (Å²) in [5, 5.41) is -0.0356. The second-order valence-corrected chi connectivity index (χ2v) is 9.18. The molecule has 5 nitrogen and oxygen atoms in total. The number of hydrogen-bond donors (Lipinski definition) is 0. The monoisotopic (exact) mass is 443 g/mol. The molecule has 0 aromatic heterocycles. The molecule has 0 radical (unpaired) electrons. The first-order valence-corrected chi connectivity index (χ1v) is 10.0. The molecule has 1 aromatic carbocycles. The molecule has 1 rings (SSSR count). The molecular weight excluding hydrogens is 418 g/mol. The smallest absolute Gasteiger partial charge is 0.325 e. The van der Waals surface area contributed by atoms with Crippen molar-refractivity contribution in [1.82, 2.24) is 0 Å². The van der Waals surface area contributed by atoms with E-state index in [0.29, 0.717) is 12.1 Å². The summed E-state index contributed by atoms with van der Waals surface area (Å²) in [6.45, 7) is 9.49. The van der Waals surface area contributed by atoms with Crippen LogP contribution >= 0.6 is 27.7 Å². The van der Waals surface area contributed by atoms with Gasteiger partial charge in [-0.15, -0.1) is 0 Å². The van der Waals surface area contributed by atoms with Crippen LogP contribution in [0.5, 0.6) is 0 Å². The van der Waals surface area contributed by atoms with Crippen molar-refractivity contribution in [3.05, 3.63) is 27.7 Å². The van der Waals surface area contributed by atoms with Gasteiger partial charge in [-0.05, 0) is 36.5 Å². The standard InChI is InChI=1S/C19H26BrNO4S/c1-12-7-8-14(20)13(2)18(12)21(10-16(23)25-6)15(22)11-26-17(24)9-19(3,4)5/h7-8H,9-11H2,1-6H3. The van der Waals surface area contributed by atoms with E-state index in [1.54, 1.807) is 0 Å². The molecule has 0 saturated carbocycles. The highest BCUT2D eigenvalue weighted by molar-refractivity contribution is 9.10. The van der Waals surface area contributed by atoms with Gasteiger partial charge < -0.3 is 4.74 Å². The summed E-state index contributed by atoms with van der Waals surface area (Å²) in [7, 11) is 1.28. The second kappa shape index (κ2) is 9.55. The fraction of sp³-hybridized carbons (Fsp3) is 0.526. The van der Waals surface area contributed by atoms with Crippen LogP contribution in [0, 0.1) is 19.3 Å². The highest BCUT2D eigenvalue weighted by Gasteiger charge is 2.25. The van der Waals surface area contributed by atoms with Gasteiger partial charge in [-0.1, -0.05) is 54.5 Å². The SMILES string of the molecule is COC(=O)CN(C(=O)CSC(=O)CC(C)(C)C)c1c(C)ccc(Br)c1C. The van der Waals surface area contributed by atoms with Crippen molar-refractivity contribution >= 4 is 50.4 Å². The average Bonchev–Trinajstić information content (AvgIpc) is 2.53. The Morgan fingerprint density at radius 3 is 2.35 bits per heavy atom. The van der Waals surface area contributed by atoms with Gasteiger partial charge in [-0.2, -0.15) is 0 Å². The number of hydrogen-bond acceptors (Lipinski definition) is 5. The normalized spacial score (nSPS) is 11.2. The van der Waals surface area contributed by atoms with Crippen molar-refractivity contribution < 1.29 is 19.1 Å². The third kappa shape index (κ3) is 6.76. The van der Waals surface area contributed by atoms with E-state index in [1.807, 2.05) is 46.8 Å². The molecule has 0 bridgehead atoms. The number of rotatable bonds is 6. The number of carbonyl (C=O) groups excluding carboxylic acids is 3. The van der Waals surface area contributed by atoms with E-state index >= 15 is 0 Å². The van der Waals surface area contributed by atoms with Gasteiger partial charge in [0.2, 0.25) is 5.91 Å². The van der Waals surface area contributed by atoms with E-state index in [4.69, 9.17) is 4.74 Å². The Hall–Kier alpha value is -1.34. The molecule has 7 heteroatoms. The molecule has 0 aliphatic carbocycles. The average molecular weight is 444 g/mol. The Morgan fingerprint density at radius 2 is 1.81 bits per heavy atom. The van der Waals surface area contributed by atoms with Crippen LogP contribution in [0.25, 0.3) is 0 Å². The quantitative estimate of drug-likeness (QED) is 0.614. The van der Waals surface area contributed by atoms with E-state index in [2.05, 4.69) is 15.9 Å². The summed E-state index contributed by atoms with van der Waals surface area (Å²) in [5.41, 5.74) is 2.26. The van der Waals surface area contributed by atoms with Gasteiger partial charge in [0.1, 0.15) is 6.54 Å². The van der Waals surface area contributed by atoms with Crippen molar-refractivity contribution in [3.8, 4) is 0 Å². The number of nitrogens with zero attached hydrogens (tertiary/aromatic N) is 1. The van der Waals surface area contributed by atoms with E-state index < -0.39 is 5.97 Å². The van der Waals surface area contributed by atoms with Crippen LogP contribution in [0.3, 0.4) is 0 Å². The van der Waals surface area contributed by atoms with Gasteiger partial charge in [0.15, 0.2) is 5.12 Å². The highest BCUT2D eigenvalue weighted by Crippen LogP contribution is 2.31. The van der Waals surface area contributed by atoms with Crippen LogP contribution < -0.4 is 4.90 Å². The zero-order valence-electron chi connectivity index (χ0n) is 16.1. The zero-order valence-corrected chi connectivity index (χ0v) is 18.5. The first-order chi connectivity index (χ1) is 12.0.